The number of amides is 1. The highest BCUT2D eigenvalue weighted by Crippen LogP contribution is 2.46. The van der Waals surface area contributed by atoms with Crippen LogP contribution in [-0.4, -0.2) is 22.5 Å². The first-order chi connectivity index (χ1) is 13.2. The van der Waals surface area contributed by atoms with E-state index >= 15 is 0 Å². The third-order valence-corrected chi connectivity index (χ3v) is 6.00. The Bertz CT molecular complexity index is 967. The van der Waals surface area contributed by atoms with Gasteiger partial charge >= 0.3 is 0 Å². The number of aliphatic hydroxyl groups is 1. The van der Waals surface area contributed by atoms with Gasteiger partial charge in [0.05, 0.1) is 11.1 Å². The summed E-state index contributed by atoms with van der Waals surface area (Å²) in [6.07, 6.45) is -0.602. The molecule has 1 aliphatic carbocycles. The van der Waals surface area contributed by atoms with Crippen LogP contribution < -0.4 is 5.32 Å². The van der Waals surface area contributed by atoms with Crippen LogP contribution in [0.3, 0.4) is 0 Å². The molecule has 2 aromatic rings. The molecule has 2 aromatic carbocycles. The second-order valence-corrected chi connectivity index (χ2v) is 8.01. The molecule has 0 unspecified atom stereocenters. The Labute approximate surface area is 163 Å². The highest BCUT2D eigenvalue weighted by molar-refractivity contribution is 6.23. The van der Waals surface area contributed by atoms with Crippen LogP contribution in [0.5, 0.6) is 0 Å². The first-order valence-electron chi connectivity index (χ1n) is 9.53. The molecule has 1 spiro atoms. The van der Waals surface area contributed by atoms with Crippen LogP contribution in [-0.2, 0) is 4.79 Å². The van der Waals surface area contributed by atoms with Crippen molar-refractivity contribution in [1.29, 1.82) is 0 Å². The molecular weight excluding hydrogens is 360 g/mol. The molecule has 0 aromatic heterocycles. The average Bonchev–Trinajstić information content (AvgIpc) is 2.90. The monoisotopic (exact) mass is 383 g/mol. The molecule has 2 N–H and O–H groups in total. The highest BCUT2D eigenvalue weighted by atomic mass is 19.3. The van der Waals surface area contributed by atoms with Gasteiger partial charge < -0.3 is 10.4 Å². The quantitative estimate of drug-likeness (QED) is 0.738. The lowest BCUT2D eigenvalue weighted by Crippen LogP contribution is -2.49. The lowest BCUT2D eigenvalue weighted by atomic mass is 9.78. The van der Waals surface area contributed by atoms with E-state index in [-0.39, 0.29) is 37.0 Å². The Hall–Kier alpha value is -2.69. The molecule has 5 heteroatoms. The normalized spacial score (nSPS) is 20.5. The van der Waals surface area contributed by atoms with E-state index in [9.17, 15) is 18.7 Å². The zero-order chi connectivity index (χ0) is 20.1. The Morgan fingerprint density at radius 3 is 2.18 bits per heavy atom. The van der Waals surface area contributed by atoms with Gasteiger partial charge in [-0.1, -0.05) is 42.0 Å². The zero-order valence-corrected chi connectivity index (χ0v) is 16.0. The van der Waals surface area contributed by atoms with Gasteiger partial charge in [-0.2, -0.15) is 0 Å². The molecule has 4 rings (SSSR count). The van der Waals surface area contributed by atoms with E-state index in [0.717, 1.165) is 22.3 Å². The third-order valence-electron chi connectivity index (χ3n) is 6.00. The molecule has 1 heterocycles. The van der Waals surface area contributed by atoms with Crippen LogP contribution >= 0.6 is 0 Å². The summed E-state index contributed by atoms with van der Waals surface area (Å²) in [7, 11) is 0. The Morgan fingerprint density at radius 2 is 1.54 bits per heavy atom. The van der Waals surface area contributed by atoms with Gasteiger partial charge in [0, 0.05) is 12.8 Å². The first-order valence-corrected chi connectivity index (χ1v) is 9.53. The Balaban J connectivity index is 1.76. The number of hydrogen-bond acceptors (Lipinski definition) is 2. The van der Waals surface area contributed by atoms with Crippen molar-refractivity contribution in [1.82, 2.24) is 5.32 Å². The van der Waals surface area contributed by atoms with Crippen molar-refractivity contribution in [3.63, 3.8) is 0 Å². The summed E-state index contributed by atoms with van der Waals surface area (Å²) < 4.78 is 27.2. The number of hydrogen-bond donors (Lipinski definition) is 2. The second-order valence-electron chi connectivity index (χ2n) is 8.01. The highest BCUT2D eigenvalue weighted by Gasteiger charge is 2.51. The largest absolute Gasteiger partial charge is 0.509 e. The van der Waals surface area contributed by atoms with E-state index in [1.807, 2.05) is 56.3 Å². The maximum absolute atomic E-state index is 13.6. The van der Waals surface area contributed by atoms with Crippen molar-refractivity contribution in [2.45, 2.75) is 51.0 Å². The summed E-state index contributed by atoms with van der Waals surface area (Å²) in [4.78, 5) is 12.7. The van der Waals surface area contributed by atoms with Crippen molar-refractivity contribution in [2.24, 2.45) is 0 Å². The SMILES string of the molecule is Cc1ccc(-c2ccc(C)c(C3=C(O)C4(CCC(F)(F)CC4)NC3=O)c2)cc1. The molecule has 28 heavy (non-hydrogen) atoms. The van der Waals surface area contributed by atoms with Gasteiger partial charge in [0.2, 0.25) is 5.92 Å². The first kappa shape index (κ1) is 18.7. The number of alkyl halides is 2. The fourth-order valence-electron chi connectivity index (χ4n) is 4.16. The molecule has 1 fully saturated rings. The van der Waals surface area contributed by atoms with Crippen molar-refractivity contribution in [2.75, 3.05) is 0 Å². The predicted octanol–water partition coefficient (Wildman–Crippen LogP) is 5.32. The minimum absolute atomic E-state index is 0.0395. The van der Waals surface area contributed by atoms with E-state index in [0.29, 0.717) is 5.56 Å². The van der Waals surface area contributed by atoms with Crippen molar-refractivity contribution in [3.05, 3.63) is 64.9 Å². The smallest absolute Gasteiger partial charge is 0.256 e. The van der Waals surface area contributed by atoms with Gasteiger partial charge in [-0.05, 0) is 55.0 Å². The molecule has 1 saturated carbocycles. The van der Waals surface area contributed by atoms with Crippen LogP contribution in [0.4, 0.5) is 8.78 Å². The number of nitrogens with one attached hydrogen (secondary N) is 1. The topological polar surface area (TPSA) is 49.3 Å². The Kier molecular flexibility index (Phi) is 4.29. The molecular formula is C23H23F2NO2. The lowest BCUT2D eigenvalue weighted by molar-refractivity contribution is -0.117. The van der Waals surface area contributed by atoms with Gasteiger partial charge in [0.1, 0.15) is 5.76 Å². The van der Waals surface area contributed by atoms with E-state index in [1.165, 1.54) is 0 Å². The van der Waals surface area contributed by atoms with Gasteiger partial charge in [0.25, 0.3) is 5.91 Å². The molecule has 1 aliphatic heterocycles. The molecule has 2 aliphatic rings. The Morgan fingerprint density at radius 1 is 0.929 bits per heavy atom. The van der Waals surface area contributed by atoms with E-state index in [1.54, 1.807) is 0 Å². The van der Waals surface area contributed by atoms with Crippen molar-refractivity contribution < 1.29 is 18.7 Å². The summed E-state index contributed by atoms with van der Waals surface area (Å²) in [6, 6.07) is 13.8. The van der Waals surface area contributed by atoms with Crippen LogP contribution in [0, 0.1) is 13.8 Å². The minimum Gasteiger partial charge on any atom is -0.509 e. The van der Waals surface area contributed by atoms with Crippen LogP contribution in [0.2, 0.25) is 0 Å². The van der Waals surface area contributed by atoms with Crippen LogP contribution in [0.1, 0.15) is 42.4 Å². The summed E-state index contributed by atoms with van der Waals surface area (Å²) >= 11 is 0. The maximum Gasteiger partial charge on any atom is 0.256 e. The molecule has 0 saturated heterocycles. The zero-order valence-electron chi connectivity index (χ0n) is 16.0. The number of aliphatic hydroxyl groups excluding tert-OH is 1. The summed E-state index contributed by atoms with van der Waals surface area (Å²) in [6.45, 7) is 3.89. The van der Waals surface area contributed by atoms with Crippen molar-refractivity contribution >= 4 is 11.5 Å². The minimum atomic E-state index is -2.74. The summed E-state index contributed by atoms with van der Waals surface area (Å²) in [5.74, 6) is -3.23. The van der Waals surface area contributed by atoms with Gasteiger partial charge in [-0.3, -0.25) is 4.79 Å². The van der Waals surface area contributed by atoms with Crippen LogP contribution in [0.25, 0.3) is 16.7 Å². The van der Waals surface area contributed by atoms with Gasteiger partial charge in [-0.25, -0.2) is 8.78 Å². The number of carbonyl (C=O) groups excluding carboxylic acids is 1. The predicted molar refractivity (Wildman–Crippen MR) is 105 cm³/mol. The second kappa shape index (κ2) is 6.43. The molecule has 0 bridgehead atoms. The average molecular weight is 383 g/mol. The number of halogens is 2. The van der Waals surface area contributed by atoms with E-state index < -0.39 is 17.4 Å². The molecule has 146 valence electrons. The number of aryl methyl sites for hydroxylation is 2. The fraction of sp³-hybridized carbons (Fsp3) is 0.348. The maximum atomic E-state index is 13.6. The van der Waals surface area contributed by atoms with E-state index in [4.69, 9.17) is 0 Å². The van der Waals surface area contributed by atoms with E-state index in [2.05, 4.69) is 5.32 Å². The standard InChI is InChI=1S/C23H23F2NO2/c1-14-3-6-16(7-4-14)17-8-5-15(2)18(13-17)19-20(27)22(26-21(19)28)9-11-23(24,25)12-10-22/h3-8,13,27H,9-12H2,1-2H3,(H,26,28). The molecule has 1 amide bonds. The third kappa shape index (κ3) is 3.09. The lowest BCUT2D eigenvalue weighted by Gasteiger charge is -2.36. The molecule has 0 atom stereocenters. The number of carbonyl (C=O) groups is 1. The van der Waals surface area contributed by atoms with Crippen molar-refractivity contribution in [3.8, 4) is 11.1 Å². The van der Waals surface area contributed by atoms with Crippen LogP contribution in [0.15, 0.2) is 48.2 Å². The number of rotatable bonds is 2. The fourth-order valence-corrected chi connectivity index (χ4v) is 4.16. The van der Waals surface area contributed by atoms with Gasteiger partial charge in [0.15, 0.2) is 0 Å². The summed E-state index contributed by atoms with van der Waals surface area (Å²) in [5, 5.41) is 13.7. The summed E-state index contributed by atoms with van der Waals surface area (Å²) in [5.41, 5.74) is 3.73. The molecule has 0 radical (unpaired) electrons. The molecule has 3 nitrogen and oxygen atoms in total. The van der Waals surface area contributed by atoms with Gasteiger partial charge in [-0.15, -0.1) is 0 Å². The number of benzene rings is 2.